The number of hydrogen-bond acceptors (Lipinski definition) is 4. The molecule has 0 bridgehead atoms. The summed E-state index contributed by atoms with van der Waals surface area (Å²) in [6, 6.07) is 22.9. The van der Waals surface area contributed by atoms with Crippen LogP contribution < -0.4 is 9.62 Å². The summed E-state index contributed by atoms with van der Waals surface area (Å²) < 4.78 is 29.2. The molecule has 0 aliphatic rings. The summed E-state index contributed by atoms with van der Waals surface area (Å²) in [5.74, 6) is -0.672. The summed E-state index contributed by atoms with van der Waals surface area (Å²) >= 11 is 0. The maximum Gasteiger partial charge on any atom is 0.264 e. The van der Waals surface area contributed by atoms with Crippen LogP contribution >= 0.6 is 0 Å². The van der Waals surface area contributed by atoms with E-state index in [0.29, 0.717) is 31.5 Å². The Labute approximate surface area is 232 Å². The Balaban J connectivity index is 2.04. The molecule has 0 unspecified atom stereocenters. The van der Waals surface area contributed by atoms with Crippen LogP contribution in [0.2, 0.25) is 0 Å². The van der Waals surface area contributed by atoms with Crippen LogP contribution in [0.4, 0.5) is 5.69 Å². The van der Waals surface area contributed by atoms with Crippen molar-refractivity contribution in [3.63, 3.8) is 0 Å². The van der Waals surface area contributed by atoms with Crippen LogP contribution in [0.15, 0.2) is 83.8 Å². The zero-order valence-corrected chi connectivity index (χ0v) is 24.1. The highest BCUT2D eigenvalue weighted by molar-refractivity contribution is 7.92. The fourth-order valence-electron chi connectivity index (χ4n) is 4.59. The van der Waals surface area contributed by atoms with Crippen molar-refractivity contribution in [1.29, 1.82) is 0 Å². The quantitative estimate of drug-likeness (QED) is 0.334. The number of amides is 2. The van der Waals surface area contributed by atoms with E-state index in [1.54, 1.807) is 36.4 Å². The van der Waals surface area contributed by atoms with Crippen molar-refractivity contribution in [1.82, 2.24) is 10.2 Å². The van der Waals surface area contributed by atoms with Crippen molar-refractivity contribution in [2.45, 2.75) is 57.9 Å². The van der Waals surface area contributed by atoms with Crippen molar-refractivity contribution in [3.8, 4) is 0 Å². The van der Waals surface area contributed by atoms with Crippen LogP contribution in [-0.4, -0.2) is 50.8 Å². The zero-order valence-electron chi connectivity index (χ0n) is 23.3. The SMILES string of the molecule is CCNC(=O)[C@@H](CC)N(CCc1ccccc1)C(=O)CN(c1ccccc1CC)S(=O)(=O)c1ccc(C)cc1. The molecule has 3 rings (SSSR count). The van der Waals surface area contributed by atoms with Gasteiger partial charge >= 0.3 is 0 Å². The Morgan fingerprint density at radius 3 is 2.13 bits per heavy atom. The van der Waals surface area contributed by atoms with Crippen LogP contribution in [0.3, 0.4) is 0 Å². The minimum absolute atomic E-state index is 0.110. The third-order valence-corrected chi connectivity index (χ3v) is 8.52. The average molecular weight is 550 g/mol. The molecule has 0 fully saturated rings. The summed E-state index contributed by atoms with van der Waals surface area (Å²) in [6.45, 7) is 7.83. The Kier molecular flexibility index (Phi) is 10.7. The van der Waals surface area contributed by atoms with Gasteiger partial charge in [0.25, 0.3) is 10.0 Å². The molecule has 8 heteroatoms. The Morgan fingerprint density at radius 1 is 0.872 bits per heavy atom. The van der Waals surface area contributed by atoms with E-state index in [0.717, 1.165) is 16.7 Å². The van der Waals surface area contributed by atoms with E-state index in [1.807, 2.05) is 70.2 Å². The van der Waals surface area contributed by atoms with Crippen LogP contribution in [-0.2, 0) is 32.5 Å². The van der Waals surface area contributed by atoms with Gasteiger partial charge in [-0.1, -0.05) is 80.1 Å². The topological polar surface area (TPSA) is 86.8 Å². The predicted molar refractivity (Wildman–Crippen MR) is 156 cm³/mol. The van der Waals surface area contributed by atoms with Gasteiger partial charge in [-0.3, -0.25) is 13.9 Å². The minimum atomic E-state index is -4.08. The highest BCUT2D eigenvalue weighted by Crippen LogP contribution is 2.28. The average Bonchev–Trinajstić information content (AvgIpc) is 2.94. The number of carbonyl (C=O) groups excluding carboxylic acids is 2. The summed E-state index contributed by atoms with van der Waals surface area (Å²) in [7, 11) is -4.08. The number of likely N-dealkylation sites (N-methyl/N-ethyl adjacent to an activating group) is 1. The number of nitrogens with zero attached hydrogens (tertiary/aromatic N) is 2. The van der Waals surface area contributed by atoms with E-state index in [4.69, 9.17) is 0 Å². The lowest BCUT2D eigenvalue weighted by molar-refractivity contribution is -0.139. The number of nitrogens with one attached hydrogen (secondary N) is 1. The number of hydrogen-bond donors (Lipinski definition) is 1. The molecule has 3 aromatic rings. The van der Waals surface area contributed by atoms with Crippen molar-refractivity contribution >= 4 is 27.5 Å². The van der Waals surface area contributed by atoms with Crippen molar-refractivity contribution in [2.24, 2.45) is 0 Å². The molecule has 0 aliphatic heterocycles. The molecular formula is C31H39N3O4S. The number of sulfonamides is 1. The van der Waals surface area contributed by atoms with Crippen LogP contribution in [0, 0.1) is 6.92 Å². The predicted octanol–water partition coefficient (Wildman–Crippen LogP) is 4.74. The van der Waals surface area contributed by atoms with Gasteiger partial charge < -0.3 is 10.2 Å². The summed E-state index contributed by atoms with van der Waals surface area (Å²) in [5, 5.41) is 2.83. The molecule has 1 atom stereocenters. The van der Waals surface area contributed by atoms with E-state index >= 15 is 0 Å². The van der Waals surface area contributed by atoms with Gasteiger partial charge in [-0.05, 0) is 62.4 Å². The molecule has 0 saturated carbocycles. The first-order valence-corrected chi connectivity index (χ1v) is 14.9. The molecule has 0 aliphatic carbocycles. The monoisotopic (exact) mass is 549 g/mol. The number of para-hydroxylation sites is 1. The molecule has 39 heavy (non-hydrogen) atoms. The number of carbonyl (C=O) groups is 2. The minimum Gasteiger partial charge on any atom is -0.355 e. The maximum atomic E-state index is 14.0. The third-order valence-electron chi connectivity index (χ3n) is 6.75. The van der Waals surface area contributed by atoms with E-state index in [2.05, 4.69) is 5.32 Å². The van der Waals surface area contributed by atoms with Crippen LogP contribution in [0.1, 0.15) is 43.9 Å². The molecular weight excluding hydrogens is 510 g/mol. The van der Waals surface area contributed by atoms with Gasteiger partial charge in [0, 0.05) is 13.1 Å². The first-order chi connectivity index (χ1) is 18.7. The highest BCUT2D eigenvalue weighted by atomic mass is 32.2. The molecule has 2 amide bonds. The number of rotatable bonds is 13. The van der Waals surface area contributed by atoms with Crippen LogP contribution in [0.5, 0.6) is 0 Å². The molecule has 7 nitrogen and oxygen atoms in total. The highest BCUT2D eigenvalue weighted by Gasteiger charge is 2.33. The largest absolute Gasteiger partial charge is 0.355 e. The third kappa shape index (κ3) is 7.47. The molecule has 3 aromatic carbocycles. The molecule has 0 radical (unpaired) electrons. The normalized spacial score (nSPS) is 12.0. The molecule has 208 valence electrons. The van der Waals surface area contributed by atoms with Crippen molar-refractivity contribution < 1.29 is 18.0 Å². The van der Waals surface area contributed by atoms with Gasteiger partial charge in [-0.25, -0.2) is 8.42 Å². The van der Waals surface area contributed by atoms with Crippen molar-refractivity contribution in [3.05, 3.63) is 95.6 Å². The van der Waals surface area contributed by atoms with Gasteiger partial charge in [0.1, 0.15) is 12.6 Å². The van der Waals surface area contributed by atoms with E-state index in [1.165, 1.54) is 9.21 Å². The first kappa shape index (κ1) is 29.9. The molecule has 1 N–H and O–H groups in total. The first-order valence-electron chi connectivity index (χ1n) is 13.5. The lowest BCUT2D eigenvalue weighted by Crippen LogP contribution is -2.53. The molecule has 0 aromatic heterocycles. The second-order valence-electron chi connectivity index (χ2n) is 9.45. The molecule has 0 heterocycles. The number of anilines is 1. The summed E-state index contributed by atoms with van der Waals surface area (Å²) in [6.07, 6.45) is 1.54. The smallest absolute Gasteiger partial charge is 0.264 e. The van der Waals surface area contributed by atoms with E-state index in [-0.39, 0.29) is 17.3 Å². The fraction of sp³-hybridized carbons (Fsp3) is 0.355. The Bertz CT molecular complexity index is 1340. The van der Waals surface area contributed by atoms with Crippen LogP contribution in [0.25, 0.3) is 0 Å². The molecule has 0 saturated heterocycles. The lowest BCUT2D eigenvalue weighted by atomic mass is 10.1. The van der Waals surface area contributed by atoms with Gasteiger partial charge in [-0.2, -0.15) is 0 Å². The standard InChI is InChI=1S/C31H39N3O4S/c1-5-26-15-11-12-16-29(26)34(39(37,38)27-19-17-24(4)18-20-27)23-30(35)33(28(6-2)31(36)32-7-3)22-21-25-13-9-8-10-14-25/h8-20,28H,5-7,21-23H2,1-4H3,(H,32,36)/t28-/m1/s1. The van der Waals surface area contributed by atoms with Gasteiger partial charge in [-0.15, -0.1) is 0 Å². The fourth-order valence-corrected chi connectivity index (χ4v) is 6.04. The summed E-state index contributed by atoms with van der Waals surface area (Å²) in [5.41, 5.74) is 3.24. The summed E-state index contributed by atoms with van der Waals surface area (Å²) in [4.78, 5) is 28.7. The Hall–Kier alpha value is -3.65. The number of benzene rings is 3. The maximum absolute atomic E-state index is 14.0. The second-order valence-corrected chi connectivity index (χ2v) is 11.3. The van der Waals surface area contributed by atoms with E-state index < -0.39 is 28.5 Å². The van der Waals surface area contributed by atoms with Gasteiger partial charge in [0.2, 0.25) is 11.8 Å². The zero-order chi connectivity index (χ0) is 28.4. The lowest BCUT2D eigenvalue weighted by Gasteiger charge is -2.33. The van der Waals surface area contributed by atoms with Gasteiger partial charge in [0.05, 0.1) is 10.6 Å². The van der Waals surface area contributed by atoms with Gasteiger partial charge in [0.15, 0.2) is 0 Å². The Morgan fingerprint density at radius 2 is 1.51 bits per heavy atom. The molecule has 0 spiro atoms. The number of aryl methyl sites for hydroxylation is 2. The van der Waals surface area contributed by atoms with Crippen molar-refractivity contribution in [2.75, 3.05) is 23.9 Å². The second kappa shape index (κ2) is 13.9. The van der Waals surface area contributed by atoms with E-state index in [9.17, 15) is 18.0 Å².